The minimum Gasteiger partial charge on any atom is -0.490 e. The van der Waals surface area contributed by atoms with Crippen molar-refractivity contribution in [1.29, 1.82) is 0 Å². The number of nitrogens with one attached hydrogen (secondary N) is 1. The molecule has 1 spiro atoms. The summed E-state index contributed by atoms with van der Waals surface area (Å²) < 4.78 is 42.1. The summed E-state index contributed by atoms with van der Waals surface area (Å²) in [6.07, 6.45) is 9.19. The Kier molecular flexibility index (Phi) is 8.07. The highest BCUT2D eigenvalue weighted by molar-refractivity contribution is 7.90. The number of methoxy groups -OCH3 is 1. The fourth-order valence-corrected chi connectivity index (χ4v) is 8.58. The summed E-state index contributed by atoms with van der Waals surface area (Å²) in [5.74, 6) is 0.775. The van der Waals surface area contributed by atoms with Crippen molar-refractivity contribution < 1.29 is 22.7 Å². The molecule has 2 aromatic carbocycles. The Labute approximate surface area is 260 Å². The standard InChI is InChI=1S/C33H42ClN3O5S/c1-32(2)31(38)35-43(39,40)25-11-14-30-28(18-25)37(19-23-9-12-26(23)29(41-4)8-6-16-36(32)3)20-33(21-42-30)15-5-7-22-17-24(34)10-13-27(22)33/h6,8,10-11,13-14,17-18,23,26,29H,5,7,9,12,15-16,19-21H2,1-4H3,(H,35,38)/b8-6-/t23-,26+,29+,33-/m0/s1. The zero-order chi connectivity index (χ0) is 30.6. The quantitative estimate of drug-likeness (QED) is 0.448. The Hall–Kier alpha value is -2.59. The van der Waals surface area contributed by atoms with Gasteiger partial charge in [0.25, 0.3) is 15.9 Å². The summed E-state index contributed by atoms with van der Waals surface area (Å²) in [6, 6.07) is 11.1. The van der Waals surface area contributed by atoms with E-state index < -0.39 is 21.5 Å². The number of sulfonamides is 1. The number of halogens is 1. The van der Waals surface area contributed by atoms with Gasteiger partial charge in [-0.2, -0.15) is 0 Å². The Morgan fingerprint density at radius 3 is 2.70 bits per heavy atom. The van der Waals surface area contributed by atoms with Gasteiger partial charge in [-0.15, -0.1) is 0 Å². The molecule has 0 radical (unpaired) electrons. The number of anilines is 1. The molecule has 0 saturated heterocycles. The maximum atomic E-state index is 13.6. The van der Waals surface area contributed by atoms with E-state index in [1.807, 2.05) is 24.1 Å². The van der Waals surface area contributed by atoms with Crippen LogP contribution in [0.1, 0.15) is 50.7 Å². The number of likely N-dealkylation sites (N-methyl/N-ethyl adjacent to an activating group) is 1. The van der Waals surface area contributed by atoms with E-state index >= 15 is 0 Å². The van der Waals surface area contributed by atoms with Gasteiger partial charge >= 0.3 is 0 Å². The molecule has 8 nitrogen and oxygen atoms in total. The zero-order valence-corrected chi connectivity index (χ0v) is 27.0. The summed E-state index contributed by atoms with van der Waals surface area (Å²) in [6.45, 7) is 5.87. The van der Waals surface area contributed by atoms with E-state index in [-0.39, 0.29) is 16.4 Å². The molecule has 43 heavy (non-hydrogen) atoms. The lowest BCUT2D eigenvalue weighted by molar-refractivity contribution is -0.128. The number of carbonyl (C=O) groups excluding carboxylic acids is 1. The molecule has 1 amide bonds. The molecule has 2 aliphatic carbocycles. The van der Waals surface area contributed by atoms with Crippen LogP contribution in [0.5, 0.6) is 5.75 Å². The van der Waals surface area contributed by atoms with Crippen molar-refractivity contribution in [2.45, 2.75) is 67.9 Å². The van der Waals surface area contributed by atoms with Crippen LogP contribution < -0.4 is 14.4 Å². The smallest absolute Gasteiger partial charge is 0.264 e. The van der Waals surface area contributed by atoms with Gasteiger partial charge in [0.1, 0.15) is 5.75 Å². The van der Waals surface area contributed by atoms with Crippen LogP contribution in [-0.4, -0.2) is 71.3 Å². The second-order valence-corrected chi connectivity index (χ2v) is 15.4. The number of amides is 1. The van der Waals surface area contributed by atoms with Crippen LogP contribution >= 0.6 is 11.6 Å². The van der Waals surface area contributed by atoms with Gasteiger partial charge in [-0.25, -0.2) is 13.1 Å². The number of hydrogen-bond donors (Lipinski definition) is 1. The van der Waals surface area contributed by atoms with E-state index in [1.54, 1.807) is 33.1 Å². The molecule has 4 aliphatic rings. The molecule has 2 heterocycles. The van der Waals surface area contributed by atoms with Crippen molar-refractivity contribution in [3.8, 4) is 5.75 Å². The van der Waals surface area contributed by atoms with Crippen LogP contribution in [0.4, 0.5) is 5.69 Å². The maximum absolute atomic E-state index is 13.6. The number of fused-ring (bicyclic) bond motifs is 4. The van der Waals surface area contributed by atoms with Crippen LogP contribution in [0.2, 0.25) is 5.02 Å². The molecule has 2 bridgehead atoms. The Bertz CT molecular complexity index is 1540. The highest BCUT2D eigenvalue weighted by Crippen LogP contribution is 2.47. The number of carbonyl (C=O) groups is 1. The predicted molar refractivity (Wildman–Crippen MR) is 168 cm³/mol. The van der Waals surface area contributed by atoms with Crippen molar-refractivity contribution in [2.24, 2.45) is 11.8 Å². The molecule has 4 atom stereocenters. The molecule has 0 unspecified atom stereocenters. The fraction of sp³-hybridized carbons (Fsp3) is 0.545. The first-order valence-electron chi connectivity index (χ1n) is 15.2. The first-order chi connectivity index (χ1) is 20.4. The lowest BCUT2D eigenvalue weighted by Gasteiger charge is -2.46. The topological polar surface area (TPSA) is 88.2 Å². The van der Waals surface area contributed by atoms with E-state index in [2.05, 4.69) is 27.8 Å². The van der Waals surface area contributed by atoms with Gasteiger partial charge in [0.05, 0.1) is 28.8 Å². The molecule has 6 rings (SSSR count). The number of hydrogen-bond acceptors (Lipinski definition) is 7. The molecule has 232 valence electrons. The lowest BCUT2D eigenvalue weighted by atomic mass is 9.68. The Balaban J connectivity index is 1.45. The predicted octanol–water partition coefficient (Wildman–Crippen LogP) is 4.94. The van der Waals surface area contributed by atoms with Gasteiger partial charge < -0.3 is 14.4 Å². The van der Waals surface area contributed by atoms with E-state index in [9.17, 15) is 13.2 Å². The molecular weight excluding hydrogens is 586 g/mol. The number of rotatable bonds is 1. The van der Waals surface area contributed by atoms with Gasteiger partial charge in [0, 0.05) is 37.2 Å². The molecule has 1 N–H and O–H groups in total. The van der Waals surface area contributed by atoms with E-state index in [1.165, 1.54) is 17.2 Å². The number of nitrogens with zero attached hydrogens (tertiary/aromatic N) is 2. The lowest BCUT2D eigenvalue weighted by Crippen LogP contribution is -2.54. The van der Waals surface area contributed by atoms with Gasteiger partial charge in [-0.1, -0.05) is 29.8 Å². The van der Waals surface area contributed by atoms with Crippen LogP contribution in [0, 0.1) is 11.8 Å². The van der Waals surface area contributed by atoms with Crippen LogP contribution in [-0.2, 0) is 31.4 Å². The van der Waals surface area contributed by atoms with Crippen molar-refractivity contribution >= 4 is 33.2 Å². The average molecular weight is 628 g/mol. The fourth-order valence-electron chi connectivity index (χ4n) is 7.25. The summed E-state index contributed by atoms with van der Waals surface area (Å²) in [5.41, 5.74) is 1.93. The molecule has 2 aliphatic heterocycles. The second-order valence-electron chi connectivity index (χ2n) is 13.2. The highest BCUT2D eigenvalue weighted by atomic mass is 35.5. The largest absolute Gasteiger partial charge is 0.490 e. The zero-order valence-electron chi connectivity index (χ0n) is 25.4. The van der Waals surface area contributed by atoms with Gasteiger partial charge in [0.2, 0.25) is 0 Å². The second kappa shape index (κ2) is 11.4. The van der Waals surface area contributed by atoms with Crippen LogP contribution in [0.15, 0.2) is 53.4 Å². The van der Waals surface area contributed by atoms with E-state index in [4.69, 9.17) is 21.1 Å². The van der Waals surface area contributed by atoms with E-state index in [0.717, 1.165) is 49.4 Å². The summed E-state index contributed by atoms with van der Waals surface area (Å²) in [5, 5.41) is 0.737. The summed E-state index contributed by atoms with van der Waals surface area (Å²) in [4.78, 5) is 17.6. The number of benzene rings is 2. The van der Waals surface area contributed by atoms with Gasteiger partial charge in [-0.05, 0) is 106 Å². The highest BCUT2D eigenvalue weighted by Gasteiger charge is 2.45. The summed E-state index contributed by atoms with van der Waals surface area (Å²) >= 11 is 6.41. The van der Waals surface area contributed by atoms with Crippen LogP contribution in [0.25, 0.3) is 0 Å². The molecule has 1 fully saturated rings. The number of aryl methyl sites for hydroxylation is 1. The third-order valence-electron chi connectivity index (χ3n) is 10.4. The molecular formula is C33H42ClN3O5S. The summed E-state index contributed by atoms with van der Waals surface area (Å²) in [7, 11) is -0.560. The monoisotopic (exact) mass is 627 g/mol. The van der Waals surface area contributed by atoms with E-state index in [0.29, 0.717) is 37.3 Å². The van der Waals surface area contributed by atoms with Crippen molar-refractivity contribution in [2.75, 3.05) is 45.3 Å². The minimum absolute atomic E-state index is 0.0436. The molecule has 0 aromatic heterocycles. The third-order valence-corrected chi connectivity index (χ3v) is 12.0. The molecule has 2 aromatic rings. The Morgan fingerprint density at radius 1 is 1.14 bits per heavy atom. The normalized spacial score (nSPS) is 31.0. The Morgan fingerprint density at radius 2 is 1.95 bits per heavy atom. The first-order valence-corrected chi connectivity index (χ1v) is 17.1. The SMILES string of the molecule is CO[C@@H]1/C=C\CN(C)C(C)(C)C(=O)NS(=O)(=O)c2ccc3c(c2)N(C[C@@H]2CC[C@H]21)C[C@@]1(CCCc2cc(Cl)ccc21)CO3. The molecule has 1 saturated carbocycles. The van der Waals surface area contributed by atoms with Crippen molar-refractivity contribution in [3.05, 3.63) is 64.7 Å². The average Bonchev–Trinajstić information content (AvgIpc) is 3.10. The maximum Gasteiger partial charge on any atom is 0.264 e. The number of ether oxygens (including phenoxy) is 2. The first kappa shape index (κ1) is 30.4. The van der Waals surface area contributed by atoms with Crippen molar-refractivity contribution in [3.63, 3.8) is 0 Å². The third kappa shape index (κ3) is 5.58. The van der Waals surface area contributed by atoms with Crippen LogP contribution in [0.3, 0.4) is 0 Å². The van der Waals surface area contributed by atoms with Gasteiger partial charge in [-0.3, -0.25) is 9.69 Å². The minimum atomic E-state index is -4.14. The molecule has 10 heteroatoms. The van der Waals surface area contributed by atoms with Crippen molar-refractivity contribution in [1.82, 2.24) is 9.62 Å². The van der Waals surface area contributed by atoms with Gasteiger partial charge in [0.15, 0.2) is 0 Å².